The largest absolute Gasteiger partial charge is 0.508 e. The molecule has 0 aromatic heterocycles. The molecule has 4 nitrogen and oxygen atoms in total. The van der Waals surface area contributed by atoms with Crippen LogP contribution in [0.5, 0.6) is 11.5 Å². The zero-order valence-electron chi connectivity index (χ0n) is 10.6. The van der Waals surface area contributed by atoms with E-state index in [0.29, 0.717) is 6.54 Å². The van der Waals surface area contributed by atoms with Crippen LogP contribution in [0, 0.1) is 5.41 Å². The number of phenolic OH excluding ortho intramolecular Hbond substituents is 2. The quantitative estimate of drug-likeness (QED) is 0.720. The number of amides is 1. The molecule has 1 amide bonds. The maximum Gasteiger partial charge on any atom is 0.255 e. The van der Waals surface area contributed by atoms with E-state index in [9.17, 15) is 15.0 Å². The van der Waals surface area contributed by atoms with Gasteiger partial charge in [-0.1, -0.05) is 19.8 Å². The lowest BCUT2D eigenvalue weighted by Gasteiger charge is -2.23. The fraction of sp³-hybridized carbons (Fsp3) is 0.500. The molecule has 1 fully saturated rings. The Morgan fingerprint density at radius 3 is 2.67 bits per heavy atom. The molecule has 1 aromatic rings. The fourth-order valence-electron chi connectivity index (χ4n) is 2.50. The fourth-order valence-corrected chi connectivity index (χ4v) is 2.50. The molecule has 0 bridgehead atoms. The Hall–Kier alpha value is -1.71. The minimum Gasteiger partial charge on any atom is -0.508 e. The third-order valence-electron chi connectivity index (χ3n) is 3.71. The summed E-state index contributed by atoms with van der Waals surface area (Å²) in [6.45, 7) is 2.78. The molecule has 0 saturated heterocycles. The molecule has 0 atom stereocenters. The van der Waals surface area contributed by atoms with Gasteiger partial charge in [0.2, 0.25) is 0 Å². The van der Waals surface area contributed by atoms with Crippen LogP contribution in [0.15, 0.2) is 18.2 Å². The van der Waals surface area contributed by atoms with Crippen LogP contribution in [-0.4, -0.2) is 22.7 Å². The maximum atomic E-state index is 11.9. The van der Waals surface area contributed by atoms with Crippen LogP contribution in [0.1, 0.15) is 43.0 Å². The van der Waals surface area contributed by atoms with E-state index in [4.69, 9.17) is 0 Å². The number of rotatable bonds is 3. The van der Waals surface area contributed by atoms with Crippen LogP contribution >= 0.6 is 0 Å². The number of benzene rings is 1. The first-order chi connectivity index (χ1) is 8.50. The minimum absolute atomic E-state index is 0.0231. The molecule has 0 heterocycles. The average molecular weight is 249 g/mol. The van der Waals surface area contributed by atoms with Crippen molar-refractivity contribution in [3.8, 4) is 11.5 Å². The van der Waals surface area contributed by atoms with Gasteiger partial charge in [0.1, 0.15) is 11.5 Å². The lowest BCUT2D eigenvalue weighted by Crippen LogP contribution is -2.34. The molecule has 0 radical (unpaired) electrons. The van der Waals surface area contributed by atoms with Crippen molar-refractivity contribution in [1.29, 1.82) is 0 Å². The molecule has 2 rings (SSSR count). The van der Waals surface area contributed by atoms with Gasteiger partial charge in [-0.2, -0.15) is 0 Å². The Bertz CT molecular complexity index is 450. The van der Waals surface area contributed by atoms with E-state index in [1.54, 1.807) is 0 Å². The van der Waals surface area contributed by atoms with Crippen molar-refractivity contribution in [3.63, 3.8) is 0 Å². The van der Waals surface area contributed by atoms with Gasteiger partial charge in [-0.05, 0) is 36.5 Å². The molecule has 4 heteroatoms. The van der Waals surface area contributed by atoms with Crippen molar-refractivity contribution in [2.24, 2.45) is 5.41 Å². The van der Waals surface area contributed by atoms with Crippen LogP contribution in [0.3, 0.4) is 0 Å². The molecule has 1 aliphatic rings. The average Bonchev–Trinajstić information content (AvgIpc) is 2.77. The number of carbonyl (C=O) groups is 1. The SMILES string of the molecule is CC1(CNC(=O)c2cc(O)ccc2O)CCCC1. The van der Waals surface area contributed by atoms with Crippen LogP contribution < -0.4 is 5.32 Å². The summed E-state index contributed by atoms with van der Waals surface area (Å²) in [7, 11) is 0. The zero-order valence-corrected chi connectivity index (χ0v) is 10.6. The van der Waals surface area contributed by atoms with Gasteiger partial charge in [0.25, 0.3) is 5.91 Å². The second-order valence-corrected chi connectivity index (χ2v) is 5.40. The number of hydrogen-bond acceptors (Lipinski definition) is 3. The van der Waals surface area contributed by atoms with Crippen LogP contribution in [0.2, 0.25) is 0 Å². The Balaban J connectivity index is 2.01. The van der Waals surface area contributed by atoms with E-state index in [1.165, 1.54) is 31.0 Å². The second kappa shape index (κ2) is 4.88. The van der Waals surface area contributed by atoms with Gasteiger partial charge in [0, 0.05) is 6.54 Å². The van der Waals surface area contributed by atoms with Gasteiger partial charge in [-0.3, -0.25) is 4.79 Å². The molecule has 1 saturated carbocycles. The molecule has 18 heavy (non-hydrogen) atoms. The number of nitrogens with one attached hydrogen (secondary N) is 1. The van der Waals surface area contributed by atoms with Gasteiger partial charge in [0.05, 0.1) is 5.56 Å². The third kappa shape index (κ3) is 2.75. The Kier molecular flexibility index (Phi) is 3.45. The lowest BCUT2D eigenvalue weighted by atomic mass is 9.89. The Morgan fingerprint density at radius 2 is 2.00 bits per heavy atom. The summed E-state index contributed by atoms with van der Waals surface area (Å²) in [6.07, 6.45) is 4.67. The molecule has 1 aliphatic carbocycles. The van der Waals surface area contributed by atoms with Crippen molar-refractivity contribution in [2.75, 3.05) is 6.54 Å². The maximum absolute atomic E-state index is 11.9. The lowest BCUT2D eigenvalue weighted by molar-refractivity contribution is 0.0931. The number of carbonyl (C=O) groups excluding carboxylic acids is 1. The van der Waals surface area contributed by atoms with Crippen LogP contribution in [0.4, 0.5) is 0 Å². The van der Waals surface area contributed by atoms with E-state index >= 15 is 0 Å². The topological polar surface area (TPSA) is 69.6 Å². The Labute approximate surface area is 107 Å². The highest BCUT2D eigenvalue weighted by Crippen LogP contribution is 2.36. The van der Waals surface area contributed by atoms with Gasteiger partial charge >= 0.3 is 0 Å². The molecule has 0 unspecified atom stereocenters. The van der Waals surface area contributed by atoms with Crippen molar-refractivity contribution in [3.05, 3.63) is 23.8 Å². The smallest absolute Gasteiger partial charge is 0.255 e. The zero-order chi connectivity index (χ0) is 13.2. The summed E-state index contributed by atoms with van der Waals surface area (Å²) in [5, 5.41) is 21.8. The number of hydrogen-bond donors (Lipinski definition) is 3. The summed E-state index contributed by atoms with van der Waals surface area (Å²) in [5.41, 5.74) is 0.291. The van der Waals surface area contributed by atoms with Gasteiger partial charge in [0.15, 0.2) is 0 Å². The second-order valence-electron chi connectivity index (χ2n) is 5.40. The molecule has 1 aromatic carbocycles. The summed E-state index contributed by atoms with van der Waals surface area (Å²) >= 11 is 0. The number of aromatic hydroxyl groups is 2. The normalized spacial score (nSPS) is 17.6. The molecule has 0 spiro atoms. The van der Waals surface area contributed by atoms with E-state index in [1.807, 2.05) is 0 Å². The summed E-state index contributed by atoms with van der Waals surface area (Å²) in [6, 6.07) is 3.95. The molecule has 0 aliphatic heterocycles. The summed E-state index contributed by atoms with van der Waals surface area (Å²) in [5.74, 6) is -0.469. The predicted octanol–water partition coefficient (Wildman–Crippen LogP) is 2.41. The number of phenols is 2. The molecule has 98 valence electrons. The van der Waals surface area contributed by atoms with Gasteiger partial charge in [-0.15, -0.1) is 0 Å². The van der Waals surface area contributed by atoms with Crippen LogP contribution in [-0.2, 0) is 0 Å². The first kappa shape index (κ1) is 12.7. The third-order valence-corrected chi connectivity index (χ3v) is 3.71. The highest BCUT2D eigenvalue weighted by atomic mass is 16.3. The monoisotopic (exact) mass is 249 g/mol. The van der Waals surface area contributed by atoms with Gasteiger partial charge < -0.3 is 15.5 Å². The minimum atomic E-state index is -0.337. The van der Waals surface area contributed by atoms with Gasteiger partial charge in [-0.25, -0.2) is 0 Å². The van der Waals surface area contributed by atoms with Crippen molar-refractivity contribution < 1.29 is 15.0 Å². The summed E-state index contributed by atoms with van der Waals surface area (Å²) in [4.78, 5) is 11.9. The molecule has 3 N–H and O–H groups in total. The highest BCUT2D eigenvalue weighted by molar-refractivity contribution is 5.97. The molecular formula is C14H19NO3. The standard InChI is InChI=1S/C14H19NO3/c1-14(6-2-3-7-14)9-15-13(18)11-8-10(16)4-5-12(11)17/h4-5,8,16-17H,2-3,6-7,9H2,1H3,(H,15,18). The first-order valence-corrected chi connectivity index (χ1v) is 6.30. The highest BCUT2D eigenvalue weighted by Gasteiger charge is 2.29. The van der Waals surface area contributed by atoms with E-state index in [0.717, 1.165) is 12.8 Å². The Morgan fingerprint density at radius 1 is 1.33 bits per heavy atom. The first-order valence-electron chi connectivity index (χ1n) is 6.30. The molecular weight excluding hydrogens is 230 g/mol. The van der Waals surface area contributed by atoms with E-state index < -0.39 is 0 Å². The predicted molar refractivity (Wildman–Crippen MR) is 68.7 cm³/mol. The van der Waals surface area contributed by atoms with Crippen molar-refractivity contribution in [2.45, 2.75) is 32.6 Å². The summed E-state index contributed by atoms with van der Waals surface area (Å²) < 4.78 is 0. The van der Waals surface area contributed by atoms with Crippen LogP contribution in [0.25, 0.3) is 0 Å². The van der Waals surface area contributed by atoms with Crippen molar-refractivity contribution in [1.82, 2.24) is 5.32 Å². The van der Waals surface area contributed by atoms with E-state index in [2.05, 4.69) is 12.2 Å². The van der Waals surface area contributed by atoms with Crippen molar-refractivity contribution >= 4 is 5.91 Å². The van der Waals surface area contributed by atoms with E-state index in [-0.39, 0.29) is 28.4 Å².